The number of aryl methyl sites for hydroxylation is 1. The highest BCUT2D eigenvalue weighted by molar-refractivity contribution is 9.09. The average molecular weight is 297 g/mol. The van der Waals surface area contributed by atoms with Gasteiger partial charge in [0.2, 0.25) is 0 Å². The zero-order valence-electron chi connectivity index (χ0n) is 11.2. The molecule has 0 aliphatic carbocycles. The molecule has 0 aliphatic heterocycles. The van der Waals surface area contributed by atoms with Crippen LogP contribution in [0.2, 0.25) is 0 Å². The Hall–Kier alpha value is -0.300. The van der Waals surface area contributed by atoms with Crippen LogP contribution in [0.5, 0.6) is 0 Å². The van der Waals surface area contributed by atoms with Crippen LogP contribution >= 0.6 is 15.9 Å². The molecule has 1 rings (SSSR count). The zero-order valence-corrected chi connectivity index (χ0v) is 12.8. The molecule has 1 aromatic rings. The Bertz CT molecular complexity index is 306. The minimum Gasteiger partial charge on any atom is -0.0839 e. The molecule has 0 amide bonds. The first kappa shape index (κ1) is 14.8. The summed E-state index contributed by atoms with van der Waals surface area (Å²) in [4.78, 5) is 0.537. The third kappa shape index (κ3) is 5.72. The maximum atomic E-state index is 3.82. The van der Waals surface area contributed by atoms with E-state index < -0.39 is 0 Å². The molecule has 1 atom stereocenters. The minimum atomic E-state index is 0.537. The molecule has 0 bridgehead atoms. The molecule has 0 fully saturated rings. The molecule has 0 spiro atoms. The molecule has 0 saturated heterocycles. The second-order valence-corrected chi connectivity index (χ2v) is 5.99. The van der Waals surface area contributed by atoms with Crippen LogP contribution in [0.15, 0.2) is 24.3 Å². The van der Waals surface area contributed by atoms with Crippen molar-refractivity contribution in [2.24, 2.45) is 0 Å². The molecule has 96 valence electrons. The number of alkyl halides is 1. The van der Waals surface area contributed by atoms with Crippen molar-refractivity contribution in [3.63, 3.8) is 0 Å². The van der Waals surface area contributed by atoms with Gasteiger partial charge in [0.25, 0.3) is 0 Å². The standard InChI is InChI=1S/C16H25Br/c1-3-4-5-6-7-8-13-16(17)15-12-10-9-11-14(15)2/h9-12,16H,3-8,13H2,1-2H3. The Morgan fingerprint density at radius 2 is 1.65 bits per heavy atom. The maximum absolute atomic E-state index is 3.82. The summed E-state index contributed by atoms with van der Waals surface area (Å²) in [6.07, 6.45) is 9.54. The Kier molecular flexibility index (Phi) is 7.59. The Labute approximate surface area is 115 Å². The van der Waals surface area contributed by atoms with Crippen LogP contribution < -0.4 is 0 Å². The molecule has 0 saturated carbocycles. The Balaban J connectivity index is 2.21. The lowest BCUT2D eigenvalue weighted by molar-refractivity contribution is 0.588. The third-order valence-corrected chi connectivity index (χ3v) is 4.29. The molecule has 0 radical (unpaired) electrons. The summed E-state index contributed by atoms with van der Waals surface area (Å²) in [5, 5.41) is 0. The predicted octanol–water partition coefficient (Wildman–Crippen LogP) is 6.18. The normalized spacial score (nSPS) is 12.6. The topological polar surface area (TPSA) is 0 Å². The number of benzene rings is 1. The highest BCUT2D eigenvalue weighted by Gasteiger charge is 2.08. The molecule has 17 heavy (non-hydrogen) atoms. The van der Waals surface area contributed by atoms with Crippen LogP contribution in [0.3, 0.4) is 0 Å². The van der Waals surface area contributed by atoms with Gasteiger partial charge in [-0.05, 0) is 24.5 Å². The SMILES string of the molecule is CCCCCCCCC(Br)c1ccccc1C. The van der Waals surface area contributed by atoms with Gasteiger partial charge in [0, 0.05) is 4.83 Å². The predicted molar refractivity (Wildman–Crippen MR) is 80.8 cm³/mol. The number of halogens is 1. The van der Waals surface area contributed by atoms with Crippen LogP contribution in [0.4, 0.5) is 0 Å². The fourth-order valence-electron chi connectivity index (χ4n) is 2.20. The number of hydrogen-bond acceptors (Lipinski definition) is 0. The largest absolute Gasteiger partial charge is 0.0839 e. The van der Waals surface area contributed by atoms with Gasteiger partial charge in [-0.25, -0.2) is 0 Å². The summed E-state index contributed by atoms with van der Waals surface area (Å²) in [6.45, 7) is 4.47. The van der Waals surface area contributed by atoms with Crippen molar-refractivity contribution in [2.75, 3.05) is 0 Å². The van der Waals surface area contributed by atoms with Gasteiger partial charge in [-0.3, -0.25) is 0 Å². The van der Waals surface area contributed by atoms with Crippen LogP contribution in [0.1, 0.15) is 67.8 Å². The molecular formula is C16H25Br. The van der Waals surface area contributed by atoms with Gasteiger partial charge in [0.15, 0.2) is 0 Å². The van der Waals surface area contributed by atoms with Gasteiger partial charge in [0.1, 0.15) is 0 Å². The zero-order chi connectivity index (χ0) is 12.5. The summed E-state index contributed by atoms with van der Waals surface area (Å²) < 4.78 is 0. The van der Waals surface area contributed by atoms with Gasteiger partial charge >= 0.3 is 0 Å². The smallest absolute Gasteiger partial charge is 0.0397 e. The van der Waals surface area contributed by atoms with Crippen molar-refractivity contribution >= 4 is 15.9 Å². The van der Waals surface area contributed by atoms with Crippen molar-refractivity contribution < 1.29 is 0 Å². The van der Waals surface area contributed by atoms with Crippen molar-refractivity contribution in [3.8, 4) is 0 Å². The summed E-state index contributed by atoms with van der Waals surface area (Å²) in [5.41, 5.74) is 2.86. The van der Waals surface area contributed by atoms with Crippen molar-refractivity contribution in [1.29, 1.82) is 0 Å². The van der Waals surface area contributed by atoms with E-state index in [1.165, 1.54) is 56.1 Å². The lowest BCUT2D eigenvalue weighted by Crippen LogP contribution is -1.93. The van der Waals surface area contributed by atoms with E-state index >= 15 is 0 Å². The van der Waals surface area contributed by atoms with Gasteiger partial charge in [0.05, 0.1) is 0 Å². The molecular weight excluding hydrogens is 272 g/mol. The van der Waals surface area contributed by atoms with E-state index in [1.807, 2.05) is 0 Å². The molecule has 0 aliphatic rings. The number of hydrogen-bond donors (Lipinski definition) is 0. The van der Waals surface area contributed by atoms with E-state index in [-0.39, 0.29) is 0 Å². The third-order valence-electron chi connectivity index (χ3n) is 3.34. The van der Waals surface area contributed by atoms with Gasteiger partial charge in [-0.1, -0.05) is 85.6 Å². The first-order valence-electron chi connectivity index (χ1n) is 6.95. The molecule has 1 heteroatoms. The lowest BCUT2D eigenvalue weighted by atomic mass is 10.0. The van der Waals surface area contributed by atoms with Crippen LogP contribution in [-0.4, -0.2) is 0 Å². The number of rotatable bonds is 8. The highest BCUT2D eigenvalue weighted by Crippen LogP contribution is 2.30. The summed E-state index contributed by atoms with van der Waals surface area (Å²) >= 11 is 3.82. The van der Waals surface area contributed by atoms with Gasteiger partial charge < -0.3 is 0 Å². The van der Waals surface area contributed by atoms with E-state index in [4.69, 9.17) is 0 Å². The average Bonchev–Trinajstić information content (AvgIpc) is 2.34. The van der Waals surface area contributed by atoms with Crippen LogP contribution in [0, 0.1) is 6.92 Å². The van der Waals surface area contributed by atoms with Gasteiger partial charge in [-0.15, -0.1) is 0 Å². The van der Waals surface area contributed by atoms with Crippen LogP contribution in [0.25, 0.3) is 0 Å². The second kappa shape index (κ2) is 8.74. The van der Waals surface area contributed by atoms with E-state index in [2.05, 4.69) is 54.0 Å². The fraction of sp³-hybridized carbons (Fsp3) is 0.625. The molecule has 1 unspecified atom stereocenters. The molecule has 0 N–H and O–H groups in total. The quantitative estimate of drug-likeness (QED) is 0.397. The lowest BCUT2D eigenvalue weighted by Gasteiger charge is -2.12. The summed E-state index contributed by atoms with van der Waals surface area (Å²) in [5.74, 6) is 0. The van der Waals surface area contributed by atoms with E-state index in [9.17, 15) is 0 Å². The van der Waals surface area contributed by atoms with Gasteiger partial charge in [-0.2, -0.15) is 0 Å². The first-order valence-corrected chi connectivity index (χ1v) is 7.87. The minimum absolute atomic E-state index is 0.537. The summed E-state index contributed by atoms with van der Waals surface area (Å²) in [7, 11) is 0. The van der Waals surface area contributed by atoms with Crippen molar-refractivity contribution in [1.82, 2.24) is 0 Å². The van der Waals surface area contributed by atoms with E-state index in [0.717, 1.165) is 0 Å². The van der Waals surface area contributed by atoms with Crippen LogP contribution in [-0.2, 0) is 0 Å². The molecule has 0 aromatic heterocycles. The molecule has 0 nitrogen and oxygen atoms in total. The van der Waals surface area contributed by atoms with Crippen molar-refractivity contribution in [3.05, 3.63) is 35.4 Å². The monoisotopic (exact) mass is 296 g/mol. The number of unbranched alkanes of at least 4 members (excludes halogenated alkanes) is 5. The Morgan fingerprint density at radius 1 is 1.00 bits per heavy atom. The second-order valence-electron chi connectivity index (χ2n) is 4.88. The fourth-order valence-corrected chi connectivity index (χ4v) is 3.04. The molecule has 1 aromatic carbocycles. The highest BCUT2D eigenvalue weighted by atomic mass is 79.9. The van der Waals surface area contributed by atoms with Crippen molar-refractivity contribution in [2.45, 2.75) is 63.6 Å². The Morgan fingerprint density at radius 3 is 2.35 bits per heavy atom. The summed E-state index contributed by atoms with van der Waals surface area (Å²) in [6, 6.07) is 8.69. The van der Waals surface area contributed by atoms with E-state index in [0.29, 0.717) is 4.83 Å². The first-order chi connectivity index (χ1) is 8.25. The maximum Gasteiger partial charge on any atom is 0.0397 e. The molecule has 0 heterocycles. The van der Waals surface area contributed by atoms with E-state index in [1.54, 1.807) is 0 Å².